The molecule has 0 fully saturated rings. The molecular weight excluding hydrogens is 285 g/mol. The summed E-state index contributed by atoms with van der Waals surface area (Å²) >= 11 is 0. The topological polar surface area (TPSA) is 42.1 Å². The molecule has 0 aliphatic rings. The number of H-pyrrole nitrogens is 1. The van der Waals surface area contributed by atoms with Crippen molar-refractivity contribution in [3.05, 3.63) is 40.2 Å². The molecular formula is C12H8F5NO2. The molecule has 1 aromatic heterocycles. The van der Waals surface area contributed by atoms with Gasteiger partial charge in [0.2, 0.25) is 0 Å². The monoisotopic (exact) mass is 293 g/mol. The van der Waals surface area contributed by atoms with Crippen molar-refractivity contribution in [3.8, 4) is 5.75 Å². The SMILES string of the molecule is O=c1cc(C(F)F)[nH]c2ccc(OCC(F)(F)F)cc12. The van der Waals surface area contributed by atoms with E-state index in [2.05, 4.69) is 9.72 Å². The third-order valence-electron chi connectivity index (χ3n) is 2.46. The first-order valence-corrected chi connectivity index (χ1v) is 5.41. The highest BCUT2D eigenvalue weighted by atomic mass is 19.4. The van der Waals surface area contributed by atoms with Crippen LogP contribution >= 0.6 is 0 Å². The second kappa shape index (κ2) is 5.10. The second-order valence-corrected chi connectivity index (χ2v) is 4.00. The van der Waals surface area contributed by atoms with Crippen LogP contribution in [0.5, 0.6) is 5.75 Å². The van der Waals surface area contributed by atoms with Gasteiger partial charge in [0.25, 0.3) is 6.43 Å². The number of ether oxygens (including phenoxy) is 1. The van der Waals surface area contributed by atoms with Gasteiger partial charge in [-0.15, -0.1) is 0 Å². The van der Waals surface area contributed by atoms with Crippen LogP contribution in [0.4, 0.5) is 22.0 Å². The Morgan fingerprint density at radius 1 is 1.20 bits per heavy atom. The number of aromatic nitrogens is 1. The molecule has 0 aliphatic carbocycles. The van der Waals surface area contributed by atoms with Crippen LogP contribution in [0.1, 0.15) is 12.1 Å². The van der Waals surface area contributed by atoms with Crippen LogP contribution < -0.4 is 10.2 Å². The van der Waals surface area contributed by atoms with Crippen molar-refractivity contribution >= 4 is 10.9 Å². The highest BCUT2D eigenvalue weighted by Gasteiger charge is 2.28. The summed E-state index contributed by atoms with van der Waals surface area (Å²) in [6, 6.07) is 4.17. The van der Waals surface area contributed by atoms with Gasteiger partial charge in [0.15, 0.2) is 12.0 Å². The van der Waals surface area contributed by atoms with Gasteiger partial charge >= 0.3 is 6.18 Å². The minimum Gasteiger partial charge on any atom is -0.484 e. The molecule has 1 aromatic carbocycles. The maximum atomic E-state index is 12.5. The molecule has 0 saturated carbocycles. The second-order valence-electron chi connectivity index (χ2n) is 4.00. The van der Waals surface area contributed by atoms with Crippen LogP contribution in [0.2, 0.25) is 0 Å². The Morgan fingerprint density at radius 2 is 1.90 bits per heavy atom. The Kier molecular flexibility index (Phi) is 3.65. The van der Waals surface area contributed by atoms with Crippen LogP contribution in [0, 0.1) is 0 Å². The van der Waals surface area contributed by atoms with E-state index in [9.17, 15) is 26.7 Å². The van der Waals surface area contributed by atoms with Crippen molar-refractivity contribution in [2.75, 3.05) is 6.61 Å². The zero-order chi connectivity index (χ0) is 14.9. The van der Waals surface area contributed by atoms with Crippen LogP contribution in [0.25, 0.3) is 10.9 Å². The summed E-state index contributed by atoms with van der Waals surface area (Å²) in [6.45, 7) is -1.49. The van der Waals surface area contributed by atoms with Gasteiger partial charge < -0.3 is 9.72 Å². The molecule has 1 heterocycles. The lowest BCUT2D eigenvalue weighted by atomic mass is 10.2. The van der Waals surface area contributed by atoms with Gasteiger partial charge in [0, 0.05) is 17.0 Å². The van der Waals surface area contributed by atoms with Gasteiger partial charge in [0.05, 0.1) is 5.69 Å². The minimum absolute atomic E-state index is 0.0194. The number of pyridine rings is 1. The third kappa shape index (κ3) is 3.25. The molecule has 0 radical (unpaired) electrons. The molecule has 0 aliphatic heterocycles. The number of halogens is 5. The lowest BCUT2D eigenvalue weighted by molar-refractivity contribution is -0.153. The highest BCUT2D eigenvalue weighted by molar-refractivity contribution is 5.80. The van der Waals surface area contributed by atoms with Crippen molar-refractivity contribution < 1.29 is 26.7 Å². The summed E-state index contributed by atoms with van der Waals surface area (Å²) in [5.41, 5.74) is -1.16. The Labute approximate surface area is 109 Å². The van der Waals surface area contributed by atoms with Crippen LogP contribution in [-0.4, -0.2) is 17.8 Å². The van der Waals surface area contributed by atoms with Crippen molar-refractivity contribution in [1.82, 2.24) is 4.98 Å². The number of aromatic amines is 1. The predicted molar refractivity (Wildman–Crippen MR) is 61.1 cm³/mol. The normalized spacial score (nSPS) is 12.1. The highest BCUT2D eigenvalue weighted by Crippen LogP contribution is 2.23. The van der Waals surface area contributed by atoms with Gasteiger partial charge in [-0.2, -0.15) is 13.2 Å². The quantitative estimate of drug-likeness (QED) is 0.881. The van der Waals surface area contributed by atoms with E-state index < -0.39 is 30.3 Å². The first kappa shape index (κ1) is 14.3. The largest absolute Gasteiger partial charge is 0.484 e. The van der Waals surface area contributed by atoms with Crippen molar-refractivity contribution in [3.63, 3.8) is 0 Å². The van der Waals surface area contributed by atoms with E-state index in [1.54, 1.807) is 0 Å². The number of hydrogen-bond acceptors (Lipinski definition) is 2. The van der Waals surface area contributed by atoms with E-state index in [0.717, 1.165) is 6.07 Å². The smallest absolute Gasteiger partial charge is 0.422 e. The third-order valence-corrected chi connectivity index (χ3v) is 2.46. The lowest BCUT2D eigenvalue weighted by Gasteiger charge is -2.10. The van der Waals surface area contributed by atoms with E-state index in [4.69, 9.17) is 0 Å². The number of rotatable bonds is 3. The summed E-state index contributed by atoms with van der Waals surface area (Å²) in [7, 11) is 0. The summed E-state index contributed by atoms with van der Waals surface area (Å²) in [5.74, 6) is -0.162. The molecule has 1 N–H and O–H groups in total. The van der Waals surface area contributed by atoms with Crippen molar-refractivity contribution in [2.45, 2.75) is 12.6 Å². The molecule has 0 bridgehead atoms. The Balaban J connectivity index is 2.38. The summed E-state index contributed by atoms with van der Waals surface area (Å²) < 4.78 is 65.5. The number of alkyl halides is 5. The molecule has 0 saturated heterocycles. The standard InChI is InChI=1S/C12H8F5NO2/c13-11(14)9-4-10(19)7-3-6(1-2-8(7)18-9)20-5-12(15,16)17/h1-4,11H,5H2,(H,18,19). The lowest BCUT2D eigenvalue weighted by Crippen LogP contribution is -2.19. The Hall–Kier alpha value is -2.12. The zero-order valence-corrected chi connectivity index (χ0v) is 9.80. The van der Waals surface area contributed by atoms with E-state index in [0.29, 0.717) is 6.07 Å². The molecule has 0 atom stereocenters. The maximum Gasteiger partial charge on any atom is 0.422 e. The summed E-state index contributed by atoms with van der Waals surface area (Å²) in [4.78, 5) is 14.0. The molecule has 20 heavy (non-hydrogen) atoms. The molecule has 2 rings (SSSR count). The van der Waals surface area contributed by atoms with Crippen molar-refractivity contribution in [1.29, 1.82) is 0 Å². The van der Waals surface area contributed by atoms with Gasteiger partial charge in [-0.05, 0) is 18.2 Å². The van der Waals surface area contributed by atoms with Crippen LogP contribution in [0.3, 0.4) is 0 Å². The average Bonchev–Trinajstić information content (AvgIpc) is 2.35. The van der Waals surface area contributed by atoms with Gasteiger partial charge in [0.1, 0.15) is 5.75 Å². The van der Waals surface area contributed by atoms with E-state index in [-0.39, 0.29) is 16.7 Å². The molecule has 3 nitrogen and oxygen atoms in total. The fraction of sp³-hybridized carbons (Fsp3) is 0.250. The maximum absolute atomic E-state index is 12.5. The minimum atomic E-state index is -4.50. The molecule has 2 aromatic rings. The molecule has 0 spiro atoms. The fourth-order valence-corrected chi connectivity index (χ4v) is 1.62. The van der Waals surface area contributed by atoms with Gasteiger partial charge in [-0.3, -0.25) is 4.79 Å². The molecule has 0 amide bonds. The number of benzene rings is 1. The van der Waals surface area contributed by atoms with Crippen molar-refractivity contribution in [2.24, 2.45) is 0 Å². The number of fused-ring (bicyclic) bond motifs is 1. The van der Waals surface area contributed by atoms with E-state index in [1.165, 1.54) is 12.1 Å². The summed E-state index contributed by atoms with van der Waals surface area (Å²) in [5, 5.41) is -0.0194. The van der Waals surface area contributed by atoms with E-state index >= 15 is 0 Å². The number of nitrogens with one attached hydrogen (secondary N) is 1. The van der Waals surface area contributed by atoms with Crippen LogP contribution in [0.15, 0.2) is 29.1 Å². The van der Waals surface area contributed by atoms with Gasteiger partial charge in [-0.1, -0.05) is 0 Å². The predicted octanol–water partition coefficient (Wildman–Crippen LogP) is 3.41. The van der Waals surface area contributed by atoms with Crippen LogP contribution in [-0.2, 0) is 0 Å². The molecule has 108 valence electrons. The first-order valence-electron chi connectivity index (χ1n) is 5.41. The summed E-state index contributed by atoms with van der Waals surface area (Å²) in [6.07, 6.45) is -7.34. The first-order chi connectivity index (χ1) is 9.26. The molecule has 8 heteroatoms. The number of hydrogen-bond donors (Lipinski definition) is 1. The Morgan fingerprint density at radius 3 is 2.50 bits per heavy atom. The van der Waals surface area contributed by atoms with Gasteiger partial charge in [-0.25, -0.2) is 8.78 Å². The van der Waals surface area contributed by atoms with E-state index in [1.807, 2.05) is 0 Å². The average molecular weight is 293 g/mol. The fourth-order valence-electron chi connectivity index (χ4n) is 1.62. The zero-order valence-electron chi connectivity index (χ0n) is 9.80. The Bertz CT molecular complexity index is 678. The molecule has 0 unspecified atom stereocenters.